The third-order valence-electron chi connectivity index (χ3n) is 5.09. The molecule has 0 aliphatic rings. The molecule has 4 nitrogen and oxygen atoms in total. The number of para-hydroxylation sites is 2. The Morgan fingerprint density at radius 2 is 1.72 bits per heavy atom. The van der Waals surface area contributed by atoms with Gasteiger partial charge >= 0.3 is 0 Å². The lowest BCUT2D eigenvalue weighted by atomic mass is 10.1. The molecule has 1 atom stereocenters. The first-order chi connectivity index (χ1) is 14.0. The van der Waals surface area contributed by atoms with E-state index in [0.29, 0.717) is 17.1 Å². The van der Waals surface area contributed by atoms with Crippen LogP contribution in [-0.2, 0) is 6.54 Å². The van der Waals surface area contributed by atoms with E-state index in [1.807, 2.05) is 86.6 Å². The Bertz CT molecular complexity index is 1180. The van der Waals surface area contributed by atoms with Gasteiger partial charge < -0.3 is 9.88 Å². The van der Waals surface area contributed by atoms with Crippen molar-refractivity contribution < 1.29 is 4.79 Å². The summed E-state index contributed by atoms with van der Waals surface area (Å²) in [6, 6.07) is 23.1. The molecular weight excluding hydrogens is 382 g/mol. The van der Waals surface area contributed by atoms with E-state index in [1.165, 1.54) is 0 Å². The van der Waals surface area contributed by atoms with Gasteiger partial charge in [0.05, 0.1) is 23.6 Å². The summed E-state index contributed by atoms with van der Waals surface area (Å²) in [6.45, 7) is 4.48. The molecule has 0 aliphatic heterocycles. The molecule has 1 aromatic heterocycles. The second kappa shape index (κ2) is 8.10. The number of nitrogens with one attached hydrogen (secondary N) is 1. The Balaban J connectivity index is 1.70. The van der Waals surface area contributed by atoms with Gasteiger partial charge in [-0.2, -0.15) is 0 Å². The zero-order chi connectivity index (χ0) is 20.4. The number of aryl methyl sites for hydroxylation is 1. The average Bonchev–Trinajstić information content (AvgIpc) is 3.08. The lowest BCUT2D eigenvalue weighted by molar-refractivity contribution is 0.0937. The summed E-state index contributed by atoms with van der Waals surface area (Å²) < 4.78 is 2.12. The second-order valence-corrected chi connectivity index (χ2v) is 7.55. The number of nitrogens with zero attached hydrogens (tertiary/aromatic N) is 2. The molecule has 0 saturated heterocycles. The number of imidazole rings is 1. The van der Waals surface area contributed by atoms with E-state index in [2.05, 4.69) is 9.88 Å². The lowest BCUT2D eigenvalue weighted by Crippen LogP contribution is -2.29. The molecular formula is C24H22ClN3O. The molecule has 0 aliphatic carbocycles. The van der Waals surface area contributed by atoms with Crippen LogP contribution in [0.1, 0.15) is 40.3 Å². The largest absolute Gasteiger partial charge is 0.342 e. The Hall–Kier alpha value is -3.11. The molecule has 4 aromatic rings. The minimum absolute atomic E-state index is 0.105. The zero-order valence-corrected chi connectivity index (χ0v) is 17.1. The van der Waals surface area contributed by atoms with E-state index in [1.54, 1.807) is 0 Å². The fraction of sp³-hybridized carbons (Fsp3) is 0.167. The van der Waals surface area contributed by atoms with Gasteiger partial charge in [0.25, 0.3) is 5.91 Å². The predicted molar refractivity (Wildman–Crippen MR) is 117 cm³/mol. The molecule has 29 heavy (non-hydrogen) atoms. The van der Waals surface area contributed by atoms with Gasteiger partial charge in [0.15, 0.2) is 0 Å². The van der Waals surface area contributed by atoms with Gasteiger partial charge in [-0.15, -0.1) is 0 Å². The molecule has 146 valence electrons. The van der Waals surface area contributed by atoms with Crippen molar-refractivity contribution in [2.45, 2.75) is 26.4 Å². The number of carbonyl (C=O) groups excluding carboxylic acids is 1. The van der Waals surface area contributed by atoms with Crippen molar-refractivity contribution in [1.29, 1.82) is 0 Å². The summed E-state index contributed by atoms with van der Waals surface area (Å²) in [7, 11) is 0. The highest BCUT2D eigenvalue weighted by Gasteiger charge is 2.20. The van der Waals surface area contributed by atoms with Crippen LogP contribution >= 0.6 is 11.6 Å². The van der Waals surface area contributed by atoms with E-state index in [0.717, 1.165) is 28.0 Å². The highest BCUT2D eigenvalue weighted by atomic mass is 35.5. The highest BCUT2D eigenvalue weighted by molar-refractivity contribution is 6.31. The molecule has 5 heteroatoms. The number of rotatable bonds is 5. The number of aromatic nitrogens is 2. The van der Waals surface area contributed by atoms with Crippen molar-refractivity contribution in [3.63, 3.8) is 0 Å². The average molecular weight is 404 g/mol. The van der Waals surface area contributed by atoms with Crippen LogP contribution < -0.4 is 5.32 Å². The lowest BCUT2D eigenvalue weighted by Gasteiger charge is -2.17. The quantitative estimate of drug-likeness (QED) is 0.475. The number of amides is 1. The summed E-state index contributed by atoms with van der Waals surface area (Å²) in [5.74, 6) is 0.694. The fourth-order valence-corrected chi connectivity index (χ4v) is 3.75. The number of hydrogen-bond donors (Lipinski definition) is 1. The van der Waals surface area contributed by atoms with E-state index >= 15 is 0 Å². The number of hydrogen-bond acceptors (Lipinski definition) is 2. The normalized spacial score (nSPS) is 12.1. The summed E-state index contributed by atoms with van der Waals surface area (Å²) in [4.78, 5) is 17.6. The Morgan fingerprint density at radius 3 is 2.52 bits per heavy atom. The maximum absolute atomic E-state index is 12.8. The molecule has 1 N–H and O–H groups in total. The molecule has 0 bridgehead atoms. The van der Waals surface area contributed by atoms with Gasteiger partial charge in [-0.05, 0) is 49.2 Å². The van der Waals surface area contributed by atoms with E-state index in [4.69, 9.17) is 16.6 Å². The van der Waals surface area contributed by atoms with Crippen LogP contribution in [0.15, 0.2) is 72.8 Å². The molecule has 0 unspecified atom stereocenters. The summed E-state index contributed by atoms with van der Waals surface area (Å²) in [5.41, 5.74) is 4.54. The Kier molecular flexibility index (Phi) is 5.36. The van der Waals surface area contributed by atoms with Crippen LogP contribution in [0.25, 0.3) is 11.0 Å². The molecule has 0 spiro atoms. The third-order valence-corrected chi connectivity index (χ3v) is 5.46. The molecule has 3 aromatic carbocycles. The minimum atomic E-state index is -0.267. The Labute approximate surface area is 175 Å². The van der Waals surface area contributed by atoms with Crippen LogP contribution in [0.2, 0.25) is 5.02 Å². The molecule has 0 saturated carbocycles. The second-order valence-electron chi connectivity index (χ2n) is 7.15. The van der Waals surface area contributed by atoms with E-state index < -0.39 is 0 Å². The predicted octanol–water partition coefficient (Wildman–Crippen LogP) is 5.54. The molecule has 4 rings (SSSR count). The maximum Gasteiger partial charge on any atom is 0.252 e. The van der Waals surface area contributed by atoms with Crippen molar-refractivity contribution >= 4 is 28.5 Å². The van der Waals surface area contributed by atoms with Gasteiger partial charge in [0.2, 0.25) is 0 Å². The monoisotopic (exact) mass is 403 g/mol. The van der Waals surface area contributed by atoms with Crippen LogP contribution in [0.5, 0.6) is 0 Å². The SMILES string of the molecule is Cc1ccccc1C(=O)N[C@@H](C)c1nc2ccccc2n1Cc1ccccc1Cl. The van der Waals surface area contributed by atoms with Crippen molar-refractivity contribution in [1.82, 2.24) is 14.9 Å². The minimum Gasteiger partial charge on any atom is -0.342 e. The molecule has 0 radical (unpaired) electrons. The molecule has 1 heterocycles. The van der Waals surface area contributed by atoms with Gasteiger partial charge in [0.1, 0.15) is 5.82 Å². The van der Waals surface area contributed by atoms with E-state index in [-0.39, 0.29) is 11.9 Å². The summed E-state index contributed by atoms with van der Waals surface area (Å²) in [5, 5.41) is 3.82. The number of halogens is 1. The summed E-state index contributed by atoms with van der Waals surface area (Å²) >= 11 is 6.40. The van der Waals surface area contributed by atoms with Crippen molar-refractivity contribution in [3.8, 4) is 0 Å². The van der Waals surface area contributed by atoms with Crippen LogP contribution in [-0.4, -0.2) is 15.5 Å². The Morgan fingerprint density at radius 1 is 1.03 bits per heavy atom. The first-order valence-electron chi connectivity index (χ1n) is 9.59. The third kappa shape index (κ3) is 3.89. The van der Waals surface area contributed by atoms with E-state index in [9.17, 15) is 4.79 Å². The first-order valence-corrected chi connectivity index (χ1v) is 9.97. The molecule has 1 amide bonds. The topological polar surface area (TPSA) is 46.9 Å². The molecule has 0 fully saturated rings. The first kappa shape index (κ1) is 19.2. The number of fused-ring (bicyclic) bond motifs is 1. The maximum atomic E-state index is 12.8. The van der Waals surface area contributed by atoms with Crippen molar-refractivity contribution in [3.05, 3.63) is 100 Å². The van der Waals surface area contributed by atoms with Gasteiger partial charge in [-0.25, -0.2) is 4.98 Å². The standard InChI is InChI=1S/C24H22ClN3O/c1-16-9-3-5-11-19(16)24(29)26-17(2)23-27-21-13-7-8-14-22(21)28(23)15-18-10-4-6-12-20(18)25/h3-14,17H,15H2,1-2H3,(H,26,29)/t17-/m0/s1. The smallest absolute Gasteiger partial charge is 0.252 e. The van der Waals surface area contributed by atoms with Crippen molar-refractivity contribution in [2.24, 2.45) is 0 Å². The summed E-state index contributed by atoms with van der Waals surface area (Å²) in [6.07, 6.45) is 0. The highest BCUT2D eigenvalue weighted by Crippen LogP contribution is 2.25. The van der Waals surface area contributed by atoms with Gasteiger partial charge in [-0.1, -0.05) is 60.1 Å². The number of benzene rings is 3. The number of carbonyl (C=O) groups is 1. The van der Waals surface area contributed by atoms with Crippen LogP contribution in [0, 0.1) is 6.92 Å². The zero-order valence-electron chi connectivity index (χ0n) is 16.4. The van der Waals surface area contributed by atoms with Crippen LogP contribution in [0.3, 0.4) is 0 Å². The van der Waals surface area contributed by atoms with Crippen molar-refractivity contribution in [2.75, 3.05) is 0 Å². The van der Waals surface area contributed by atoms with Crippen LogP contribution in [0.4, 0.5) is 0 Å². The van der Waals surface area contributed by atoms with Gasteiger partial charge in [0, 0.05) is 10.6 Å². The van der Waals surface area contributed by atoms with Gasteiger partial charge in [-0.3, -0.25) is 4.79 Å². The fourth-order valence-electron chi connectivity index (χ4n) is 3.55.